The van der Waals surface area contributed by atoms with E-state index in [2.05, 4.69) is 74.6 Å². The first-order valence-electron chi connectivity index (χ1n) is 22.0. The number of likely N-dealkylation sites (N-methyl/N-ethyl adjacent to an activating group) is 1. The summed E-state index contributed by atoms with van der Waals surface area (Å²) in [6.45, 7) is 4.68. The third kappa shape index (κ3) is 39.2. The summed E-state index contributed by atoms with van der Waals surface area (Å²) in [5, 5.41) is 9.62. The molecule has 0 radical (unpaired) electrons. The number of carboxylic acid groups (broad SMARTS) is 1. The lowest BCUT2D eigenvalue weighted by atomic mass is 10.1. The molecule has 0 aliphatic rings. The molecule has 9 heteroatoms. The Morgan fingerprint density at radius 1 is 0.554 bits per heavy atom. The van der Waals surface area contributed by atoms with Crippen molar-refractivity contribution in [2.75, 3.05) is 47.5 Å². The van der Waals surface area contributed by atoms with Crippen molar-refractivity contribution in [3.63, 3.8) is 0 Å². The molecule has 0 rings (SSSR count). The molecule has 56 heavy (non-hydrogen) atoms. The van der Waals surface area contributed by atoms with Crippen LogP contribution in [-0.2, 0) is 33.3 Å². The van der Waals surface area contributed by atoms with Gasteiger partial charge in [-0.15, -0.1) is 0 Å². The van der Waals surface area contributed by atoms with Crippen molar-refractivity contribution < 1.29 is 42.9 Å². The minimum absolute atomic E-state index is 0.179. The maximum Gasteiger partial charge on any atom is 0.361 e. The van der Waals surface area contributed by atoms with Crippen LogP contribution in [0.15, 0.2) is 60.8 Å². The first kappa shape index (κ1) is 53.0. The zero-order valence-electron chi connectivity index (χ0n) is 36.3. The number of unbranched alkanes of at least 4 members (excludes halogenated alkanes) is 14. The van der Waals surface area contributed by atoms with Crippen LogP contribution in [0.4, 0.5) is 0 Å². The molecule has 0 bridgehead atoms. The predicted molar refractivity (Wildman–Crippen MR) is 230 cm³/mol. The molecule has 0 heterocycles. The van der Waals surface area contributed by atoms with Crippen molar-refractivity contribution in [2.24, 2.45) is 0 Å². The van der Waals surface area contributed by atoms with Crippen LogP contribution >= 0.6 is 0 Å². The highest BCUT2D eigenvalue weighted by molar-refractivity contribution is 5.71. The molecule has 0 amide bonds. The van der Waals surface area contributed by atoms with Crippen LogP contribution in [0, 0.1) is 0 Å². The second-order valence-corrected chi connectivity index (χ2v) is 15.6. The average molecular weight is 789 g/mol. The van der Waals surface area contributed by atoms with E-state index in [0.29, 0.717) is 17.4 Å². The Balaban J connectivity index is 4.52. The molecule has 0 saturated carbocycles. The van der Waals surface area contributed by atoms with E-state index in [0.717, 1.165) is 96.3 Å². The standard InChI is InChI=1S/C47H81NO8/c1-6-8-10-12-14-16-18-20-22-24-25-27-29-31-33-35-37-44(49)54-41-43(42-55-47(46(51)52)53-40-39-48(3,4)5)56-45(50)38-36-34-32-30-28-26-23-21-19-17-15-13-11-9-7-2/h9,11,15-18,21-24,43,47H,6-8,10,12-14,19-20,25-42H2,1-5H3/p+1/b11-9-,17-15-,18-16-,23-21-,24-22-. The number of carbonyl (C=O) groups excluding carboxylic acids is 2. The largest absolute Gasteiger partial charge is 0.477 e. The third-order valence-electron chi connectivity index (χ3n) is 9.01. The minimum Gasteiger partial charge on any atom is -0.477 e. The van der Waals surface area contributed by atoms with Crippen molar-refractivity contribution in [1.82, 2.24) is 0 Å². The number of allylic oxidation sites excluding steroid dienone is 10. The van der Waals surface area contributed by atoms with E-state index in [1.54, 1.807) is 0 Å². The number of hydrogen-bond donors (Lipinski definition) is 1. The SMILES string of the molecule is CC/C=C\C/C=C\C/C=C\CCCCCCCC(=O)OC(COC(=O)CCCCCCC/C=C\C/C=C\CCCCCC)COC(OCC[N+](C)(C)C)C(=O)O. The molecule has 0 fully saturated rings. The van der Waals surface area contributed by atoms with Gasteiger partial charge < -0.3 is 28.5 Å². The number of carboxylic acids is 1. The number of esters is 2. The van der Waals surface area contributed by atoms with Gasteiger partial charge in [0.15, 0.2) is 6.10 Å². The smallest absolute Gasteiger partial charge is 0.361 e. The molecule has 1 N–H and O–H groups in total. The zero-order chi connectivity index (χ0) is 41.4. The van der Waals surface area contributed by atoms with E-state index >= 15 is 0 Å². The molecule has 2 unspecified atom stereocenters. The van der Waals surface area contributed by atoms with Crippen LogP contribution < -0.4 is 0 Å². The highest BCUT2D eigenvalue weighted by Crippen LogP contribution is 2.12. The van der Waals surface area contributed by atoms with Gasteiger partial charge in [0.25, 0.3) is 6.29 Å². The van der Waals surface area contributed by atoms with Crippen molar-refractivity contribution in [3.05, 3.63) is 60.8 Å². The van der Waals surface area contributed by atoms with Gasteiger partial charge in [0, 0.05) is 12.8 Å². The first-order valence-corrected chi connectivity index (χ1v) is 22.0. The molecule has 0 spiro atoms. The van der Waals surface area contributed by atoms with Crippen LogP contribution in [0.25, 0.3) is 0 Å². The van der Waals surface area contributed by atoms with Crippen molar-refractivity contribution in [3.8, 4) is 0 Å². The monoisotopic (exact) mass is 789 g/mol. The van der Waals surface area contributed by atoms with Crippen LogP contribution in [-0.4, -0.2) is 87.4 Å². The number of carbonyl (C=O) groups is 3. The highest BCUT2D eigenvalue weighted by Gasteiger charge is 2.25. The van der Waals surface area contributed by atoms with E-state index in [4.69, 9.17) is 18.9 Å². The Labute approximate surface area is 342 Å². The first-order chi connectivity index (χ1) is 27.1. The van der Waals surface area contributed by atoms with Gasteiger partial charge in [0.05, 0.1) is 34.4 Å². The number of nitrogens with zero attached hydrogens (tertiary/aromatic N) is 1. The fourth-order valence-electron chi connectivity index (χ4n) is 5.58. The lowest BCUT2D eigenvalue weighted by Crippen LogP contribution is -2.40. The van der Waals surface area contributed by atoms with Crippen LogP contribution in [0.5, 0.6) is 0 Å². The summed E-state index contributed by atoms with van der Waals surface area (Å²) in [4.78, 5) is 37.1. The molecular weight excluding hydrogens is 707 g/mol. The van der Waals surface area contributed by atoms with Gasteiger partial charge in [-0.1, -0.05) is 132 Å². The summed E-state index contributed by atoms with van der Waals surface area (Å²) >= 11 is 0. The zero-order valence-corrected chi connectivity index (χ0v) is 36.3. The Hall–Kier alpha value is -3.01. The van der Waals surface area contributed by atoms with Crippen LogP contribution in [0.3, 0.4) is 0 Å². The third-order valence-corrected chi connectivity index (χ3v) is 9.01. The summed E-state index contributed by atoms with van der Waals surface area (Å²) in [5.74, 6) is -2.06. The Kier molecular flexibility index (Phi) is 36.8. The van der Waals surface area contributed by atoms with Crippen LogP contribution in [0.1, 0.15) is 162 Å². The van der Waals surface area contributed by atoms with Crippen molar-refractivity contribution >= 4 is 17.9 Å². The van der Waals surface area contributed by atoms with Gasteiger partial charge in [0.2, 0.25) is 0 Å². The topological polar surface area (TPSA) is 108 Å². The number of hydrogen-bond acceptors (Lipinski definition) is 7. The summed E-state index contributed by atoms with van der Waals surface area (Å²) < 4.78 is 22.7. The van der Waals surface area contributed by atoms with Gasteiger partial charge in [-0.2, -0.15) is 0 Å². The van der Waals surface area contributed by atoms with Gasteiger partial charge in [-0.25, -0.2) is 4.79 Å². The number of quaternary nitrogens is 1. The normalized spacial score (nSPS) is 13.5. The number of rotatable bonds is 39. The Morgan fingerprint density at radius 3 is 1.52 bits per heavy atom. The molecule has 9 nitrogen and oxygen atoms in total. The number of aliphatic carboxylic acids is 1. The lowest BCUT2D eigenvalue weighted by molar-refractivity contribution is -0.870. The number of ether oxygens (including phenoxy) is 4. The molecule has 0 saturated heterocycles. The maximum absolute atomic E-state index is 12.7. The molecule has 0 aromatic heterocycles. The fraction of sp³-hybridized carbons (Fsp3) is 0.723. The molecular formula is C47H82NO8+. The molecule has 0 aromatic carbocycles. The molecule has 0 aromatic rings. The van der Waals surface area contributed by atoms with Gasteiger partial charge in [-0.05, 0) is 77.0 Å². The maximum atomic E-state index is 12.7. The highest BCUT2D eigenvalue weighted by atomic mass is 16.7. The Morgan fingerprint density at radius 2 is 1.02 bits per heavy atom. The average Bonchev–Trinajstić information content (AvgIpc) is 3.15. The molecule has 2 atom stereocenters. The van der Waals surface area contributed by atoms with E-state index in [9.17, 15) is 19.5 Å². The van der Waals surface area contributed by atoms with Gasteiger partial charge in [-0.3, -0.25) is 9.59 Å². The van der Waals surface area contributed by atoms with E-state index < -0.39 is 24.3 Å². The second kappa shape index (κ2) is 38.8. The minimum atomic E-state index is -1.52. The fourth-order valence-corrected chi connectivity index (χ4v) is 5.58. The predicted octanol–water partition coefficient (Wildman–Crippen LogP) is 11.4. The van der Waals surface area contributed by atoms with Crippen molar-refractivity contribution in [1.29, 1.82) is 0 Å². The Bertz CT molecular complexity index is 1100. The molecule has 0 aliphatic heterocycles. The van der Waals surface area contributed by atoms with Gasteiger partial charge in [0.1, 0.15) is 13.2 Å². The van der Waals surface area contributed by atoms with E-state index in [-0.39, 0.29) is 38.6 Å². The van der Waals surface area contributed by atoms with Crippen molar-refractivity contribution in [2.45, 2.75) is 174 Å². The van der Waals surface area contributed by atoms with E-state index in [1.165, 1.54) is 32.1 Å². The molecule has 322 valence electrons. The summed E-state index contributed by atoms with van der Waals surface area (Å²) in [5.41, 5.74) is 0. The summed E-state index contributed by atoms with van der Waals surface area (Å²) in [6.07, 6.45) is 42.7. The quantitative estimate of drug-likeness (QED) is 0.0216. The van der Waals surface area contributed by atoms with Crippen LogP contribution in [0.2, 0.25) is 0 Å². The second-order valence-electron chi connectivity index (χ2n) is 15.6. The van der Waals surface area contributed by atoms with E-state index in [1.807, 2.05) is 21.1 Å². The summed E-state index contributed by atoms with van der Waals surface area (Å²) in [7, 11) is 5.93. The molecule has 0 aliphatic carbocycles. The summed E-state index contributed by atoms with van der Waals surface area (Å²) in [6, 6.07) is 0. The lowest BCUT2D eigenvalue weighted by Gasteiger charge is -2.25. The van der Waals surface area contributed by atoms with Gasteiger partial charge >= 0.3 is 17.9 Å².